The van der Waals surface area contributed by atoms with Crippen molar-refractivity contribution in [2.75, 3.05) is 6.54 Å². The lowest BCUT2D eigenvalue weighted by Gasteiger charge is -2.32. The fourth-order valence-electron chi connectivity index (χ4n) is 2.12. The van der Waals surface area contributed by atoms with E-state index in [2.05, 4.69) is 13.8 Å². The normalized spacial score (nSPS) is 32.1. The SMILES string of the molecule is CC1CCC(OC(=O)C(O)CCN)CC1C. The molecule has 0 radical (unpaired) electrons. The molecule has 0 saturated heterocycles. The van der Waals surface area contributed by atoms with Crippen LogP contribution in [0.1, 0.15) is 39.5 Å². The Morgan fingerprint density at radius 1 is 1.44 bits per heavy atom. The largest absolute Gasteiger partial charge is 0.460 e. The molecule has 4 nitrogen and oxygen atoms in total. The maximum absolute atomic E-state index is 11.5. The van der Waals surface area contributed by atoms with E-state index in [1.165, 1.54) is 0 Å². The van der Waals surface area contributed by atoms with Crippen molar-refractivity contribution in [1.82, 2.24) is 0 Å². The molecule has 0 aliphatic heterocycles. The Hall–Kier alpha value is -0.610. The zero-order valence-electron chi connectivity index (χ0n) is 10.2. The fourth-order valence-corrected chi connectivity index (χ4v) is 2.12. The first-order chi connectivity index (χ1) is 7.54. The number of carbonyl (C=O) groups excluding carboxylic acids is 1. The number of nitrogens with two attached hydrogens (primary N) is 1. The minimum Gasteiger partial charge on any atom is -0.460 e. The molecule has 94 valence electrons. The van der Waals surface area contributed by atoms with E-state index in [4.69, 9.17) is 10.5 Å². The quantitative estimate of drug-likeness (QED) is 0.707. The van der Waals surface area contributed by atoms with Gasteiger partial charge in [-0.25, -0.2) is 4.79 Å². The van der Waals surface area contributed by atoms with Crippen LogP contribution in [0.2, 0.25) is 0 Å². The van der Waals surface area contributed by atoms with Crippen LogP contribution in [0, 0.1) is 11.8 Å². The molecule has 1 rings (SSSR count). The van der Waals surface area contributed by atoms with Crippen molar-refractivity contribution in [2.24, 2.45) is 17.6 Å². The maximum Gasteiger partial charge on any atom is 0.335 e. The zero-order valence-corrected chi connectivity index (χ0v) is 10.2. The topological polar surface area (TPSA) is 72.5 Å². The van der Waals surface area contributed by atoms with Gasteiger partial charge in [-0.15, -0.1) is 0 Å². The Labute approximate surface area is 97.2 Å². The van der Waals surface area contributed by atoms with Crippen LogP contribution in [0.5, 0.6) is 0 Å². The van der Waals surface area contributed by atoms with Crippen LogP contribution in [0.15, 0.2) is 0 Å². The van der Waals surface area contributed by atoms with Crippen LogP contribution in [-0.2, 0) is 9.53 Å². The van der Waals surface area contributed by atoms with Gasteiger partial charge in [0.25, 0.3) is 0 Å². The van der Waals surface area contributed by atoms with Crippen molar-refractivity contribution >= 4 is 5.97 Å². The van der Waals surface area contributed by atoms with Gasteiger partial charge in [0, 0.05) is 0 Å². The van der Waals surface area contributed by atoms with Gasteiger partial charge in [-0.05, 0) is 44.1 Å². The highest BCUT2D eigenvalue weighted by molar-refractivity contribution is 5.74. The number of aliphatic hydroxyl groups excluding tert-OH is 1. The average molecular weight is 229 g/mol. The summed E-state index contributed by atoms with van der Waals surface area (Å²) in [4.78, 5) is 11.5. The molecule has 1 aliphatic rings. The smallest absolute Gasteiger partial charge is 0.335 e. The number of hydrogen-bond acceptors (Lipinski definition) is 4. The Balaban J connectivity index is 2.34. The summed E-state index contributed by atoms with van der Waals surface area (Å²) in [6, 6.07) is 0. The third-order valence-corrected chi connectivity index (χ3v) is 3.55. The second-order valence-corrected chi connectivity index (χ2v) is 4.92. The molecular weight excluding hydrogens is 206 g/mol. The average Bonchev–Trinajstić information content (AvgIpc) is 2.24. The second kappa shape index (κ2) is 6.21. The lowest BCUT2D eigenvalue weighted by atomic mass is 9.80. The van der Waals surface area contributed by atoms with E-state index >= 15 is 0 Å². The van der Waals surface area contributed by atoms with Gasteiger partial charge in [-0.3, -0.25) is 0 Å². The lowest BCUT2D eigenvalue weighted by molar-refractivity contribution is -0.162. The summed E-state index contributed by atoms with van der Waals surface area (Å²) in [5.41, 5.74) is 5.27. The van der Waals surface area contributed by atoms with Gasteiger partial charge in [-0.1, -0.05) is 13.8 Å². The predicted molar refractivity (Wildman–Crippen MR) is 61.7 cm³/mol. The van der Waals surface area contributed by atoms with Crippen molar-refractivity contribution in [2.45, 2.75) is 51.7 Å². The molecule has 0 aromatic rings. The van der Waals surface area contributed by atoms with Crippen LogP contribution >= 0.6 is 0 Å². The third kappa shape index (κ3) is 3.76. The first-order valence-electron chi connectivity index (χ1n) is 6.13. The Morgan fingerprint density at radius 3 is 2.69 bits per heavy atom. The predicted octanol–water partition coefficient (Wildman–Crippen LogP) is 1.06. The van der Waals surface area contributed by atoms with E-state index in [0.717, 1.165) is 19.3 Å². The molecule has 0 bridgehead atoms. The van der Waals surface area contributed by atoms with E-state index in [0.29, 0.717) is 18.4 Å². The highest BCUT2D eigenvalue weighted by Crippen LogP contribution is 2.31. The van der Waals surface area contributed by atoms with E-state index in [-0.39, 0.29) is 12.5 Å². The minimum atomic E-state index is -1.06. The molecule has 16 heavy (non-hydrogen) atoms. The minimum absolute atomic E-state index is 0.0221. The van der Waals surface area contributed by atoms with E-state index < -0.39 is 12.1 Å². The molecule has 4 atom stereocenters. The summed E-state index contributed by atoms with van der Waals surface area (Å²) in [7, 11) is 0. The number of rotatable bonds is 4. The number of ether oxygens (including phenoxy) is 1. The van der Waals surface area contributed by atoms with Crippen molar-refractivity contribution in [3.8, 4) is 0 Å². The van der Waals surface area contributed by atoms with Crippen molar-refractivity contribution in [3.05, 3.63) is 0 Å². The van der Waals surface area contributed by atoms with Crippen LogP contribution in [-0.4, -0.2) is 29.8 Å². The molecule has 4 heteroatoms. The van der Waals surface area contributed by atoms with E-state index in [1.54, 1.807) is 0 Å². The second-order valence-electron chi connectivity index (χ2n) is 4.92. The number of esters is 1. The summed E-state index contributed by atoms with van der Waals surface area (Å²) in [6.45, 7) is 4.71. The standard InChI is InChI=1S/C12H23NO3/c1-8-3-4-10(7-9(8)2)16-12(15)11(14)5-6-13/h8-11,14H,3-7,13H2,1-2H3. The van der Waals surface area contributed by atoms with E-state index in [9.17, 15) is 9.90 Å². The van der Waals surface area contributed by atoms with Gasteiger partial charge in [0.1, 0.15) is 6.10 Å². The summed E-state index contributed by atoms with van der Waals surface area (Å²) in [5.74, 6) is 0.763. The summed E-state index contributed by atoms with van der Waals surface area (Å²) in [5, 5.41) is 9.41. The molecule has 0 spiro atoms. The molecule has 1 saturated carbocycles. The van der Waals surface area contributed by atoms with Crippen molar-refractivity contribution < 1.29 is 14.6 Å². The molecule has 4 unspecified atom stereocenters. The summed E-state index contributed by atoms with van der Waals surface area (Å²) < 4.78 is 5.28. The highest BCUT2D eigenvalue weighted by Gasteiger charge is 2.28. The van der Waals surface area contributed by atoms with Gasteiger partial charge in [0.05, 0.1) is 0 Å². The zero-order chi connectivity index (χ0) is 12.1. The van der Waals surface area contributed by atoms with Gasteiger partial charge >= 0.3 is 5.97 Å². The molecule has 3 N–H and O–H groups in total. The van der Waals surface area contributed by atoms with Gasteiger partial charge < -0.3 is 15.6 Å². The highest BCUT2D eigenvalue weighted by atomic mass is 16.6. The monoisotopic (exact) mass is 229 g/mol. The molecule has 1 fully saturated rings. The fraction of sp³-hybridized carbons (Fsp3) is 0.917. The van der Waals surface area contributed by atoms with Crippen LogP contribution in [0.4, 0.5) is 0 Å². The van der Waals surface area contributed by atoms with Crippen LogP contribution in [0.3, 0.4) is 0 Å². The Kier molecular flexibility index (Phi) is 5.22. The van der Waals surface area contributed by atoms with Gasteiger partial charge in [0.2, 0.25) is 0 Å². The van der Waals surface area contributed by atoms with E-state index in [1.807, 2.05) is 0 Å². The molecular formula is C12H23NO3. The van der Waals surface area contributed by atoms with Crippen molar-refractivity contribution in [1.29, 1.82) is 0 Å². The first-order valence-corrected chi connectivity index (χ1v) is 6.13. The molecule has 1 aliphatic carbocycles. The third-order valence-electron chi connectivity index (χ3n) is 3.55. The number of hydrogen-bond donors (Lipinski definition) is 2. The Bertz CT molecular complexity index is 232. The maximum atomic E-state index is 11.5. The van der Waals surface area contributed by atoms with Gasteiger partial charge in [-0.2, -0.15) is 0 Å². The molecule has 0 heterocycles. The summed E-state index contributed by atoms with van der Waals surface area (Å²) >= 11 is 0. The van der Waals surface area contributed by atoms with Gasteiger partial charge in [0.15, 0.2) is 6.10 Å². The molecule has 0 aromatic heterocycles. The number of aliphatic hydroxyl groups is 1. The first kappa shape index (κ1) is 13.5. The number of carbonyl (C=O) groups is 1. The van der Waals surface area contributed by atoms with Crippen LogP contribution < -0.4 is 5.73 Å². The Morgan fingerprint density at radius 2 is 2.12 bits per heavy atom. The lowest BCUT2D eigenvalue weighted by Crippen LogP contribution is -2.33. The van der Waals surface area contributed by atoms with Crippen LogP contribution in [0.25, 0.3) is 0 Å². The summed E-state index contributed by atoms with van der Waals surface area (Å²) in [6.07, 6.45) is 2.10. The molecule has 0 amide bonds. The molecule has 0 aromatic carbocycles. The van der Waals surface area contributed by atoms with Crippen molar-refractivity contribution in [3.63, 3.8) is 0 Å².